The van der Waals surface area contributed by atoms with Gasteiger partial charge >= 0.3 is 0 Å². The SMILES string of the molecule is CCN(CC)P1(=Nc2ccc([N+](=O)[O-])cc2Br)/C(=C2/N(C)c3ccccc3C2(C)C)C=NN1C. The van der Waals surface area contributed by atoms with E-state index in [2.05, 4.69) is 84.5 Å². The Morgan fingerprint density at radius 2 is 1.85 bits per heavy atom. The molecule has 34 heavy (non-hydrogen) atoms. The number of anilines is 1. The highest BCUT2D eigenvalue weighted by Gasteiger charge is 2.47. The second-order valence-electron chi connectivity index (χ2n) is 8.87. The summed E-state index contributed by atoms with van der Waals surface area (Å²) in [5.74, 6) is 0. The van der Waals surface area contributed by atoms with Crippen molar-refractivity contribution >= 4 is 46.6 Å². The van der Waals surface area contributed by atoms with Crippen LogP contribution in [0.4, 0.5) is 17.1 Å². The predicted octanol–water partition coefficient (Wildman–Crippen LogP) is 6.93. The zero-order valence-corrected chi connectivity index (χ0v) is 22.8. The first-order valence-electron chi connectivity index (χ1n) is 11.3. The minimum atomic E-state index is -2.53. The maximum absolute atomic E-state index is 11.3. The molecule has 2 heterocycles. The minimum absolute atomic E-state index is 0.0303. The van der Waals surface area contributed by atoms with Crippen LogP contribution in [0.5, 0.6) is 0 Å². The van der Waals surface area contributed by atoms with E-state index in [1.165, 1.54) is 29.1 Å². The highest BCUT2D eigenvalue weighted by molar-refractivity contribution is 9.10. The molecule has 0 aliphatic carbocycles. The summed E-state index contributed by atoms with van der Waals surface area (Å²) in [6, 6.07) is 13.2. The van der Waals surface area contributed by atoms with E-state index in [0.717, 1.165) is 18.4 Å². The summed E-state index contributed by atoms with van der Waals surface area (Å²) >= 11 is 3.54. The molecule has 0 bridgehead atoms. The zero-order valence-electron chi connectivity index (χ0n) is 20.4. The van der Waals surface area contributed by atoms with Gasteiger partial charge < -0.3 is 4.90 Å². The van der Waals surface area contributed by atoms with E-state index in [9.17, 15) is 10.1 Å². The third-order valence-electron chi connectivity index (χ3n) is 6.70. The van der Waals surface area contributed by atoms with Crippen molar-refractivity contribution in [2.24, 2.45) is 9.85 Å². The number of rotatable bonds is 5. The van der Waals surface area contributed by atoms with Crippen molar-refractivity contribution in [1.82, 2.24) is 9.45 Å². The second-order valence-corrected chi connectivity index (χ2v) is 12.7. The van der Waals surface area contributed by atoms with Crippen LogP contribution in [0.2, 0.25) is 0 Å². The van der Waals surface area contributed by atoms with Gasteiger partial charge in [-0.2, -0.15) is 5.10 Å². The van der Waals surface area contributed by atoms with Crippen molar-refractivity contribution in [2.45, 2.75) is 33.1 Å². The Hall–Kier alpha value is -2.48. The van der Waals surface area contributed by atoms with Gasteiger partial charge in [0.1, 0.15) is 0 Å². The van der Waals surface area contributed by atoms with Crippen LogP contribution in [0.1, 0.15) is 33.3 Å². The average Bonchev–Trinajstić information content (AvgIpc) is 3.21. The van der Waals surface area contributed by atoms with Gasteiger partial charge in [-0.15, -0.1) is 0 Å². The first-order chi connectivity index (χ1) is 16.1. The summed E-state index contributed by atoms with van der Waals surface area (Å²) in [5.41, 5.74) is 4.12. The molecular weight excluding hydrogens is 515 g/mol. The van der Waals surface area contributed by atoms with Crippen LogP contribution in [0, 0.1) is 10.1 Å². The van der Waals surface area contributed by atoms with E-state index in [4.69, 9.17) is 9.85 Å². The molecule has 2 aliphatic rings. The fraction of sp³-hybridized carbons (Fsp3) is 0.375. The first kappa shape index (κ1) is 24.6. The number of nitro groups is 1. The molecule has 0 saturated carbocycles. The van der Waals surface area contributed by atoms with Crippen LogP contribution >= 0.6 is 23.3 Å². The Morgan fingerprint density at radius 1 is 1.18 bits per heavy atom. The van der Waals surface area contributed by atoms with E-state index >= 15 is 0 Å². The van der Waals surface area contributed by atoms with Crippen molar-refractivity contribution in [3.05, 3.63) is 73.6 Å². The number of nitro benzene ring substituents is 1. The Labute approximate surface area is 209 Å². The maximum Gasteiger partial charge on any atom is 0.270 e. The number of non-ortho nitro benzene ring substituents is 1. The zero-order chi connectivity index (χ0) is 24.8. The average molecular weight is 545 g/mol. The van der Waals surface area contributed by atoms with Crippen LogP contribution in [0.15, 0.2) is 67.8 Å². The van der Waals surface area contributed by atoms with Crippen LogP contribution in [-0.2, 0) is 5.41 Å². The molecular formula is C24H30BrN6O2P. The van der Waals surface area contributed by atoms with E-state index in [0.29, 0.717) is 10.2 Å². The molecule has 8 nitrogen and oxygen atoms in total. The molecule has 180 valence electrons. The minimum Gasteiger partial charge on any atom is -0.346 e. The van der Waals surface area contributed by atoms with Gasteiger partial charge in [0.2, 0.25) is 0 Å². The Bertz CT molecular complexity index is 1270. The van der Waals surface area contributed by atoms with Crippen molar-refractivity contribution in [3.63, 3.8) is 0 Å². The molecule has 0 saturated heterocycles. The molecule has 0 fully saturated rings. The number of nitrogens with zero attached hydrogens (tertiary/aromatic N) is 6. The summed E-state index contributed by atoms with van der Waals surface area (Å²) < 4.78 is 10.4. The lowest BCUT2D eigenvalue weighted by molar-refractivity contribution is -0.384. The molecule has 1 atom stereocenters. The van der Waals surface area contributed by atoms with Gasteiger partial charge in [0.05, 0.1) is 26.6 Å². The fourth-order valence-electron chi connectivity index (χ4n) is 5.08. The Balaban J connectivity index is 2.05. The summed E-state index contributed by atoms with van der Waals surface area (Å²) in [4.78, 5) is 13.2. The number of hydrogen-bond donors (Lipinski definition) is 0. The van der Waals surface area contributed by atoms with Crippen LogP contribution in [-0.4, -0.2) is 47.8 Å². The number of para-hydroxylation sites is 1. The first-order valence-corrected chi connectivity index (χ1v) is 13.7. The highest BCUT2D eigenvalue weighted by Crippen LogP contribution is 2.69. The van der Waals surface area contributed by atoms with Gasteiger partial charge in [-0.25, -0.2) is 14.2 Å². The lowest BCUT2D eigenvalue weighted by Gasteiger charge is -2.39. The molecule has 0 aromatic heterocycles. The number of fused-ring (bicyclic) bond motifs is 1. The maximum atomic E-state index is 11.3. The molecule has 2 aromatic carbocycles. The van der Waals surface area contributed by atoms with Crippen molar-refractivity contribution in [1.29, 1.82) is 0 Å². The second kappa shape index (κ2) is 8.95. The van der Waals surface area contributed by atoms with Gasteiger partial charge in [0.15, 0.2) is 7.36 Å². The lowest BCUT2D eigenvalue weighted by Crippen LogP contribution is -2.30. The smallest absolute Gasteiger partial charge is 0.270 e. The summed E-state index contributed by atoms with van der Waals surface area (Å²) in [6.45, 7) is 10.4. The quantitative estimate of drug-likeness (QED) is 0.231. The van der Waals surface area contributed by atoms with Gasteiger partial charge in [-0.05, 0) is 33.6 Å². The molecule has 4 rings (SSSR count). The number of hydrazone groups is 1. The van der Waals surface area contributed by atoms with Crippen molar-refractivity contribution in [2.75, 3.05) is 32.1 Å². The Kier molecular flexibility index (Phi) is 6.48. The molecule has 2 aliphatic heterocycles. The van der Waals surface area contributed by atoms with E-state index < -0.39 is 12.3 Å². The molecule has 0 amide bonds. The fourth-order valence-corrected chi connectivity index (χ4v) is 9.40. The monoisotopic (exact) mass is 544 g/mol. The number of allylic oxidation sites excluding steroid dienone is 2. The number of benzene rings is 2. The normalized spacial score (nSPS) is 23.1. The van der Waals surface area contributed by atoms with Gasteiger partial charge in [-0.1, -0.05) is 45.9 Å². The third-order valence-corrected chi connectivity index (χ3v) is 11.1. The van der Waals surface area contributed by atoms with E-state index in [1.807, 2.05) is 18.0 Å². The number of hydrogen-bond acceptors (Lipinski definition) is 5. The van der Waals surface area contributed by atoms with Crippen molar-refractivity contribution in [3.8, 4) is 0 Å². The molecule has 10 heteroatoms. The molecule has 0 radical (unpaired) electrons. The predicted molar refractivity (Wildman–Crippen MR) is 144 cm³/mol. The van der Waals surface area contributed by atoms with Crippen molar-refractivity contribution < 1.29 is 4.92 Å². The molecule has 0 N–H and O–H groups in total. The van der Waals surface area contributed by atoms with E-state index in [-0.39, 0.29) is 11.1 Å². The van der Waals surface area contributed by atoms with Gasteiger partial charge in [0, 0.05) is 56.1 Å². The van der Waals surface area contributed by atoms with Gasteiger partial charge in [-0.3, -0.25) is 10.1 Å². The standard InChI is InChI=1S/C24H30BrN6O2P/c1-7-30(8-2)34(27-20-14-13-17(31(32)33)15-19(20)25)22(16-26-29(34)6)23-24(3,4)18-11-9-10-12-21(18)28(23)5/h9-16H,7-8H2,1-6H3/b23-22+. The number of halogens is 1. The van der Waals surface area contributed by atoms with Crippen LogP contribution in [0.25, 0.3) is 0 Å². The van der Waals surface area contributed by atoms with E-state index in [1.54, 1.807) is 6.07 Å². The highest BCUT2D eigenvalue weighted by atomic mass is 79.9. The lowest BCUT2D eigenvalue weighted by atomic mass is 9.84. The largest absolute Gasteiger partial charge is 0.346 e. The van der Waals surface area contributed by atoms with Gasteiger partial charge in [0.25, 0.3) is 5.69 Å². The summed E-state index contributed by atoms with van der Waals surface area (Å²) in [6.07, 6.45) is 1.97. The van der Waals surface area contributed by atoms with Crippen LogP contribution in [0.3, 0.4) is 0 Å². The number of likely N-dealkylation sites (N-methyl/N-ethyl adjacent to an activating group) is 1. The van der Waals surface area contributed by atoms with Crippen LogP contribution < -0.4 is 4.90 Å². The third kappa shape index (κ3) is 3.61. The molecule has 1 unspecified atom stereocenters. The summed E-state index contributed by atoms with van der Waals surface area (Å²) in [7, 11) is 1.56. The Morgan fingerprint density at radius 3 is 2.44 bits per heavy atom. The molecule has 2 aromatic rings. The molecule has 0 spiro atoms. The topological polar surface area (TPSA) is 77.6 Å². The summed E-state index contributed by atoms with van der Waals surface area (Å²) in [5, 5.41) is 17.2.